The Hall–Kier alpha value is -2.73. The van der Waals surface area contributed by atoms with Crippen molar-refractivity contribution in [3.05, 3.63) is 60.7 Å². The lowest BCUT2D eigenvalue weighted by Gasteiger charge is -2.34. The first-order valence-corrected chi connectivity index (χ1v) is 11.1. The molecule has 0 radical (unpaired) electrons. The second-order valence-electron chi connectivity index (χ2n) is 7.51. The lowest BCUT2D eigenvalue weighted by molar-refractivity contribution is 0.260. The number of aromatic nitrogens is 3. The van der Waals surface area contributed by atoms with Gasteiger partial charge in [0.2, 0.25) is 11.8 Å². The van der Waals surface area contributed by atoms with Crippen LogP contribution in [0.25, 0.3) is 11.5 Å². The van der Waals surface area contributed by atoms with E-state index in [2.05, 4.69) is 47.3 Å². The van der Waals surface area contributed by atoms with Gasteiger partial charge in [0.1, 0.15) is 12.0 Å². The minimum absolute atomic E-state index is 0. The molecule has 2 N–H and O–H groups in total. The largest absolute Gasteiger partial charge is 0.444 e. The van der Waals surface area contributed by atoms with Crippen LogP contribution in [-0.4, -0.2) is 71.6 Å². The molecule has 0 spiro atoms. The third-order valence-electron chi connectivity index (χ3n) is 5.24. The molecule has 9 nitrogen and oxygen atoms in total. The highest BCUT2D eigenvalue weighted by Crippen LogP contribution is 2.18. The number of aliphatic imine (C=N–C) groups is 1. The molecule has 1 aliphatic heterocycles. The number of nitrogens with one attached hydrogen (secondary N) is 2. The number of piperazine rings is 1. The minimum atomic E-state index is 0. The van der Waals surface area contributed by atoms with Crippen LogP contribution >= 0.6 is 24.0 Å². The number of halogens is 1. The molecule has 0 amide bonds. The molecule has 1 fully saturated rings. The van der Waals surface area contributed by atoms with E-state index in [1.807, 2.05) is 36.4 Å². The van der Waals surface area contributed by atoms with Crippen molar-refractivity contribution in [3.8, 4) is 11.5 Å². The molecule has 0 atom stereocenters. The second-order valence-corrected chi connectivity index (χ2v) is 7.51. The van der Waals surface area contributed by atoms with Gasteiger partial charge < -0.3 is 20.0 Å². The number of benzene rings is 1. The van der Waals surface area contributed by atoms with Crippen LogP contribution in [0.1, 0.15) is 12.6 Å². The van der Waals surface area contributed by atoms with Crippen LogP contribution in [0.5, 0.6) is 0 Å². The molecule has 0 unspecified atom stereocenters. The van der Waals surface area contributed by atoms with Gasteiger partial charge in [0.15, 0.2) is 5.96 Å². The summed E-state index contributed by atoms with van der Waals surface area (Å²) in [6.07, 6.45) is 5.26. The van der Waals surface area contributed by atoms with Crippen LogP contribution in [0.15, 0.2) is 64.5 Å². The Kier molecular flexibility index (Phi) is 9.88. The number of rotatable bonds is 8. The van der Waals surface area contributed by atoms with Crippen LogP contribution < -0.4 is 15.5 Å². The molecule has 1 aromatic carbocycles. The van der Waals surface area contributed by atoms with E-state index < -0.39 is 0 Å². The van der Waals surface area contributed by atoms with Crippen molar-refractivity contribution >= 4 is 35.9 Å². The van der Waals surface area contributed by atoms with Gasteiger partial charge >= 0.3 is 0 Å². The molecular formula is C23H31IN8O. The van der Waals surface area contributed by atoms with Gasteiger partial charge in [0, 0.05) is 63.8 Å². The highest BCUT2D eigenvalue weighted by molar-refractivity contribution is 14.0. The molecule has 33 heavy (non-hydrogen) atoms. The van der Waals surface area contributed by atoms with E-state index in [-0.39, 0.29) is 24.0 Å². The van der Waals surface area contributed by atoms with Crippen molar-refractivity contribution in [3.63, 3.8) is 0 Å². The van der Waals surface area contributed by atoms with Gasteiger partial charge in [-0.1, -0.05) is 18.2 Å². The van der Waals surface area contributed by atoms with Crippen molar-refractivity contribution in [1.29, 1.82) is 0 Å². The molecule has 0 saturated carbocycles. The van der Waals surface area contributed by atoms with Crippen molar-refractivity contribution in [2.45, 2.75) is 13.5 Å². The molecule has 1 aliphatic rings. The highest BCUT2D eigenvalue weighted by atomic mass is 127. The average Bonchev–Trinajstić information content (AvgIpc) is 3.33. The van der Waals surface area contributed by atoms with Crippen molar-refractivity contribution in [2.75, 3.05) is 50.7 Å². The first-order chi connectivity index (χ1) is 15.8. The third kappa shape index (κ3) is 7.39. The van der Waals surface area contributed by atoms with Gasteiger partial charge in [-0.05, 0) is 25.1 Å². The Labute approximate surface area is 211 Å². The van der Waals surface area contributed by atoms with Gasteiger partial charge in [-0.15, -0.1) is 24.0 Å². The Morgan fingerprint density at radius 2 is 1.79 bits per heavy atom. The van der Waals surface area contributed by atoms with E-state index in [1.54, 1.807) is 18.7 Å². The minimum Gasteiger partial charge on any atom is -0.444 e. The number of anilines is 1. The maximum atomic E-state index is 5.60. The zero-order valence-corrected chi connectivity index (χ0v) is 21.2. The number of nitrogens with zero attached hydrogens (tertiary/aromatic N) is 6. The summed E-state index contributed by atoms with van der Waals surface area (Å²) in [5.74, 6) is 2.22. The molecule has 1 saturated heterocycles. The number of hydrogen-bond acceptors (Lipinski definition) is 7. The normalized spacial score (nSPS) is 14.6. The van der Waals surface area contributed by atoms with E-state index in [4.69, 9.17) is 4.42 Å². The van der Waals surface area contributed by atoms with Crippen molar-refractivity contribution < 1.29 is 4.42 Å². The average molecular weight is 562 g/mol. The Balaban J connectivity index is 0.00000306. The van der Waals surface area contributed by atoms with Gasteiger partial charge in [-0.2, -0.15) is 0 Å². The molecule has 176 valence electrons. The van der Waals surface area contributed by atoms with Gasteiger partial charge in [-0.3, -0.25) is 4.90 Å². The fraction of sp³-hybridized carbons (Fsp3) is 0.391. The lowest BCUT2D eigenvalue weighted by atomic mass is 10.2. The van der Waals surface area contributed by atoms with Gasteiger partial charge in [0.25, 0.3) is 0 Å². The van der Waals surface area contributed by atoms with Crippen LogP contribution in [-0.2, 0) is 6.54 Å². The Morgan fingerprint density at radius 3 is 2.52 bits per heavy atom. The predicted octanol–water partition coefficient (Wildman–Crippen LogP) is 2.63. The topological polar surface area (TPSA) is 94.7 Å². The summed E-state index contributed by atoms with van der Waals surface area (Å²) < 4.78 is 5.60. The predicted molar refractivity (Wildman–Crippen MR) is 141 cm³/mol. The van der Waals surface area contributed by atoms with Crippen LogP contribution in [0.2, 0.25) is 0 Å². The SMILES string of the molecule is CCNC(=NCc1coc(-c2ccccc2)n1)NCCN1CCN(c2ncccn2)CC1.I. The van der Waals surface area contributed by atoms with E-state index in [9.17, 15) is 0 Å². The molecule has 0 aliphatic carbocycles. The molecule has 3 heterocycles. The molecule has 0 bridgehead atoms. The molecular weight excluding hydrogens is 531 g/mol. The first kappa shape index (κ1) is 24.9. The molecule has 4 rings (SSSR count). The fourth-order valence-corrected chi connectivity index (χ4v) is 3.55. The van der Waals surface area contributed by atoms with Crippen LogP contribution in [0, 0.1) is 0 Å². The summed E-state index contributed by atoms with van der Waals surface area (Å²) in [4.78, 5) is 22.6. The zero-order valence-electron chi connectivity index (χ0n) is 18.9. The van der Waals surface area contributed by atoms with E-state index in [0.717, 1.165) is 69.0 Å². The monoisotopic (exact) mass is 562 g/mol. The second kappa shape index (κ2) is 13.1. The lowest BCUT2D eigenvalue weighted by Crippen LogP contribution is -2.49. The summed E-state index contributed by atoms with van der Waals surface area (Å²) in [7, 11) is 0. The maximum absolute atomic E-state index is 5.60. The molecule has 10 heteroatoms. The van der Waals surface area contributed by atoms with Gasteiger partial charge in [-0.25, -0.2) is 19.9 Å². The Morgan fingerprint density at radius 1 is 1.03 bits per heavy atom. The smallest absolute Gasteiger partial charge is 0.226 e. The molecule has 2 aromatic heterocycles. The zero-order chi connectivity index (χ0) is 22.0. The standard InChI is InChI=1S/C23H30N8O.HI/c1-2-24-22(28-17-20-18-32-21(29-20)19-7-4-3-5-8-19)25-11-12-30-13-15-31(16-14-30)23-26-9-6-10-27-23;/h3-10,18H,2,11-17H2,1H3,(H2,24,25,28);1H. The Bertz CT molecular complexity index is 974. The van der Waals surface area contributed by atoms with Crippen LogP contribution in [0.3, 0.4) is 0 Å². The number of hydrogen-bond donors (Lipinski definition) is 2. The molecule has 3 aromatic rings. The van der Waals surface area contributed by atoms with E-state index in [0.29, 0.717) is 12.4 Å². The summed E-state index contributed by atoms with van der Waals surface area (Å²) in [6, 6.07) is 11.7. The third-order valence-corrected chi connectivity index (χ3v) is 5.24. The van der Waals surface area contributed by atoms with E-state index >= 15 is 0 Å². The van der Waals surface area contributed by atoms with Crippen molar-refractivity contribution in [2.24, 2.45) is 4.99 Å². The van der Waals surface area contributed by atoms with Crippen LogP contribution in [0.4, 0.5) is 5.95 Å². The quantitative estimate of drug-likeness (QED) is 0.246. The summed E-state index contributed by atoms with van der Waals surface area (Å²) in [6.45, 7) is 8.96. The van der Waals surface area contributed by atoms with Gasteiger partial charge in [0.05, 0.1) is 6.54 Å². The summed E-state index contributed by atoms with van der Waals surface area (Å²) in [5, 5.41) is 6.72. The number of oxazole rings is 1. The first-order valence-electron chi connectivity index (χ1n) is 11.1. The summed E-state index contributed by atoms with van der Waals surface area (Å²) >= 11 is 0. The maximum Gasteiger partial charge on any atom is 0.226 e. The highest BCUT2D eigenvalue weighted by Gasteiger charge is 2.18. The van der Waals surface area contributed by atoms with Crippen molar-refractivity contribution in [1.82, 2.24) is 30.5 Å². The summed E-state index contributed by atoms with van der Waals surface area (Å²) in [5.41, 5.74) is 1.77. The fourth-order valence-electron chi connectivity index (χ4n) is 3.55. The number of guanidine groups is 1. The van der Waals surface area contributed by atoms with E-state index in [1.165, 1.54) is 0 Å².